The van der Waals surface area contributed by atoms with E-state index in [1.807, 2.05) is 74.5 Å². The van der Waals surface area contributed by atoms with Crippen molar-refractivity contribution >= 4 is 10.8 Å². The van der Waals surface area contributed by atoms with Gasteiger partial charge in [-0.25, -0.2) is 0 Å². The third kappa shape index (κ3) is 2.94. The summed E-state index contributed by atoms with van der Waals surface area (Å²) in [5, 5.41) is 10.5. The Morgan fingerprint density at radius 1 is 0.947 bits per heavy atom. The number of aliphatic hydroxyl groups excluding tert-OH is 1. The molecule has 0 spiro atoms. The van der Waals surface area contributed by atoms with E-state index in [9.17, 15) is 9.32 Å². The van der Waals surface area contributed by atoms with Crippen LogP contribution in [0.4, 0.5) is 0 Å². The van der Waals surface area contributed by atoms with Crippen LogP contribution in [-0.4, -0.2) is 14.1 Å². The Kier molecular flexibility index (Phi) is 4.17. The molecule has 0 saturated heterocycles. The van der Waals surface area contributed by atoms with Gasteiger partial charge in [-0.15, -0.1) is 0 Å². The molecule has 19 heavy (non-hydrogen) atoms. The quantitative estimate of drug-likeness (QED) is 0.928. The molecular formula is C16H18O2S. The zero-order chi connectivity index (χ0) is 13.9. The number of hydrogen-bond donors (Lipinski definition) is 1. The van der Waals surface area contributed by atoms with Crippen molar-refractivity contribution in [3.8, 4) is 0 Å². The molecule has 2 aromatic carbocycles. The second-order valence-corrected chi connectivity index (χ2v) is 7.06. The monoisotopic (exact) mass is 274 g/mol. The number of rotatable bonds is 4. The Bertz CT molecular complexity index is 549. The highest BCUT2D eigenvalue weighted by molar-refractivity contribution is 7.86. The molecule has 0 aliphatic rings. The fourth-order valence-electron chi connectivity index (χ4n) is 1.99. The third-order valence-corrected chi connectivity index (χ3v) is 5.09. The van der Waals surface area contributed by atoms with Gasteiger partial charge in [0.15, 0.2) is 0 Å². The van der Waals surface area contributed by atoms with Gasteiger partial charge in [-0.2, -0.15) is 0 Å². The SMILES string of the molecule is CC(C)(C(O)c1ccccc1)S(=O)c1ccccc1. The Hall–Kier alpha value is -1.45. The van der Waals surface area contributed by atoms with Gasteiger partial charge in [0.2, 0.25) is 0 Å². The summed E-state index contributed by atoms with van der Waals surface area (Å²) in [6.07, 6.45) is -0.769. The first-order chi connectivity index (χ1) is 9.03. The lowest BCUT2D eigenvalue weighted by atomic mass is 9.98. The zero-order valence-corrected chi connectivity index (χ0v) is 11.9. The van der Waals surface area contributed by atoms with Gasteiger partial charge >= 0.3 is 0 Å². The first-order valence-electron chi connectivity index (χ1n) is 6.23. The zero-order valence-electron chi connectivity index (χ0n) is 11.1. The normalized spacial score (nSPS) is 14.9. The van der Waals surface area contributed by atoms with Crippen LogP contribution in [0.25, 0.3) is 0 Å². The summed E-state index contributed by atoms with van der Waals surface area (Å²) in [5.41, 5.74) is 0.789. The minimum atomic E-state index is -1.27. The fourth-order valence-corrected chi connectivity index (χ4v) is 3.34. The summed E-state index contributed by atoms with van der Waals surface area (Å²) < 4.78 is 11.9. The van der Waals surface area contributed by atoms with Crippen molar-refractivity contribution in [2.24, 2.45) is 0 Å². The van der Waals surface area contributed by atoms with E-state index >= 15 is 0 Å². The predicted octanol–water partition coefficient (Wildman–Crippen LogP) is 3.31. The third-order valence-electron chi connectivity index (χ3n) is 3.21. The van der Waals surface area contributed by atoms with Crippen molar-refractivity contribution in [1.82, 2.24) is 0 Å². The Morgan fingerprint density at radius 2 is 1.42 bits per heavy atom. The van der Waals surface area contributed by atoms with E-state index in [1.165, 1.54) is 0 Å². The molecule has 0 saturated carbocycles. The van der Waals surface area contributed by atoms with Gasteiger partial charge in [-0.1, -0.05) is 48.5 Å². The molecule has 0 aliphatic heterocycles. The first kappa shape index (κ1) is 14.0. The predicted molar refractivity (Wildman–Crippen MR) is 78.3 cm³/mol. The van der Waals surface area contributed by atoms with Crippen LogP contribution in [0.1, 0.15) is 25.5 Å². The van der Waals surface area contributed by atoms with Crippen molar-refractivity contribution in [3.63, 3.8) is 0 Å². The summed E-state index contributed by atoms with van der Waals surface area (Å²) in [6, 6.07) is 18.6. The molecule has 2 unspecified atom stereocenters. The lowest BCUT2D eigenvalue weighted by Gasteiger charge is -2.30. The molecule has 0 heterocycles. The second-order valence-electron chi connectivity index (χ2n) is 5.00. The van der Waals surface area contributed by atoms with Gasteiger partial charge in [0.05, 0.1) is 21.7 Å². The molecular weight excluding hydrogens is 256 g/mol. The van der Waals surface area contributed by atoms with Crippen LogP contribution < -0.4 is 0 Å². The summed E-state index contributed by atoms with van der Waals surface area (Å²) >= 11 is 0. The van der Waals surface area contributed by atoms with Crippen LogP contribution in [0.5, 0.6) is 0 Å². The Balaban J connectivity index is 2.30. The smallest absolute Gasteiger partial charge is 0.0959 e. The minimum absolute atomic E-state index is 0.738. The molecule has 3 heteroatoms. The van der Waals surface area contributed by atoms with Crippen LogP contribution in [-0.2, 0) is 10.8 Å². The van der Waals surface area contributed by atoms with E-state index in [4.69, 9.17) is 0 Å². The molecule has 0 radical (unpaired) electrons. The molecule has 1 N–H and O–H groups in total. The summed E-state index contributed by atoms with van der Waals surface area (Å²) in [7, 11) is -1.27. The van der Waals surface area contributed by atoms with Gasteiger partial charge in [-0.05, 0) is 31.5 Å². The van der Waals surface area contributed by atoms with Crippen molar-refractivity contribution in [2.45, 2.75) is 29.6 Å². The first-order valence-corrected chi connectivity index (χ1v) is 7.38. The van der Waals surface area contributed by atoms with Crippen LogP contribution in [0.15, 0.2) is 65.6 Å². The maximum atomic E-state index is 12.6. The number of benzene rings is 2. The molecule has 0 amide bonds. The number of hydrogen-bond acceptors (Lipinski definition) is 2. The molecule has 0 aliphatic carbocycles. The van der Waals surface area contributed by atoms with E-state index < -0.39 is 21.7 Å². The van der Waals surface area contributed by atoms with Gasteiger partial charge in [-0.3, -0.25) is 4.21 Å². The highest BCUT2D eigenvalue weighted by Gasteiger charge is 2.36. The molecule has 100 valence electrons. The summed E-state index contributed by atoms with van der Waals surface area (Å²) in [4.78, 5) is 0.738. The topological polar surface area (TPSA) is 37.3 Å². The highest BCUT2D eigenvalue weighted by atomic mass is 32.2. The number of aliphatic hydroxyl groups is 1. The van der Waals surface area contributed by atoms with Crippen LogP contribution in [0, 0.1) is 0 Å². The van der Waals surface area contributed by atoms with Crippen molar-refractivity contribution in [1.29, 1.82) is 0 Å². The molecule has 2 aromatic rings. The Morgan fingerprint density at radius 3 is 1.95 bits per heavy atom. The largest absolute Gasteiger partial charge is 0.387 e. The molecule has 0 bridgehead atoms. The van der Waals surface area contributed by atoms with Gasteiger partial charge in [0.25, 0.3) is 0 Å². The summed E-state index contributed by atoms with van der Waals surface area (Å²) in [6.45, 7) is 3.65. The molecule has 0 aromatic heterocycles. The lowest BCUT2D eigenvalue weighted by molar-refractivity contribution is 0.141. The van der Waals surface area contributed by atoms with E-state index in [-0.39, 0.29) is 0 Å². The maximum absolute atomic E-state index is 12.6. The van der Waals surface area contributed by atoms with Gasteiger partial charge < -0.3 is 5.11 Å². The molecule has 0 fully saturated rings. The average molecular weight is 274 g/mol. The maximum Gasteiger partial charge on any atom is 0.0959 e. The fraction of sp³-hybridized carbons (Fsp3) is 0.250. The highest BCUT2D eigenvalue weighted by Crippen LogP contribution is 2.33. The molecule has 2 nitrogen and oxygen atoms in total. The van der Waals surface area contributed by atoms with E-state index in [2.05, 4.69) is 0 Å². The molecule has 2 rings (SSSR count). The molecule has 2 atom stereocenters. The van der Waals surface area contributed by atoms with E-state index in [0.717, 1.165) is 10.5 Å². The van der Waals surface area contributed by atoms with E-state index in [0.29, 0.717) is 0 Å². The second kappa shape index (κ2) is 5.68. The van der Waals surface area contributed by atoms with Crippen molar-refractivity contribution in [3.05, 3.63) is 66.2 Å². The lowest BCUT2D eigenvalue weighted by Crippen LogP contribution is -2.34. The van der Waals surface area contributed by atoms with Crippen molar-refractivity contribution < 1.29 is 9.32 Å². The minimum Gasteiger partial charge on any atom is -0.387 e. The van der Waals surface area contributed by atoms with Crippen molar-refractivity contribution in [2.75, 3.05) is 0 Å². The van der Waals surface area contributed by atoms with Gasteiger partial charge in [0, 0.05) is 4.90 Å². The Labute approximate surface area is 116 Å². The van der Waals surface area contributed by atoms with E-state index in [1.54, 1.807) is 0 Å². The van der Waals surface area contributed by atoms with Gasteiger partial charge in [0.1, 0.15) is 0 Å². The van der Waals surface area contributed by atoms with Crippen LogP contribution >= 0.6 is 0 Å². The summed E-state index contributed by atoms with van der Waals surface area (Å²) in [5.74, 6) is 0. The average Bonchev–Trinajstić information content (AvgIpc) is 2.47. The van der Waals surface area contributed by atoms with Crippen LogP contribution in [0.2, 0.25) is 0 Å². The van der Waals surface area contributed by atoms with Crippen LogP contribution in [0.3, 0.4) is 0 Å². The standard InChI is InChI=1S/C16H18O2S/c1-16(2,15(17)13-9-5-3-6-10-13)19(18)14-11-7-4-8-12-14/h3-12,15,17H,1-2H3.